The molecule has 0 saturated heterocycles. The Balaban J connectivity index is 0.000000505. The van der Waals surface area contributed by atoms with Crippen molar-refractivity contribution in [2.24, 2.45) is 5.73 Å². The first kappa shape index (κ1) is 19.7. The van der Waals surface area contributed by atoms with Crippen LogP contribution >= 0.6 is 0 Å². The molecule has 2 N–H and O–H groups in total. The fourth-order valence-electron chi connectivity index (χ4n) is 2.31. The summed E-state index contributed by atoms with van der Waals surface area (Å²) in [5, 5.41) is 0. The largest absolute Gasteiger partial charge is 0.496 e. The second-order valence-corrected chi connectivity index (χ2v) is 5.78. The Morgan fingerprint density at radius 2 is 1.92 bits per heavy atom. The molecule has 0 fully saturated rings. The molecule has 0 aliphatic heterocycles. The summed E-state index contributed by atoms with van der Waals surface area (Å²) in [5.74, 6) is 1.42. The van der Waals surface area contributed by atoms with E-state index in [9.17, 15) is 0 Å². The van der Waals surface area contributed by atoms with Gasteiger partial charge >= 0.3 is 0 Å². The lowest BCUT2D eigenvalue weighted by Gasteiger charge is -2.13. The normalized spacial score (nSPS) is 10.4. The second kappa shape index (κ2) is 10.5. The lowest BCUT2D eigenvalue weighted by molar-refractivity contribution is 0.415. The highest BCUT2D eigenvalue weighted by Crippen LogP contribution is 2.33. The topological polar surface area (TPSA) is 35.2 Å². The van der Waals surface area contributed by atoms with Gasteiger partial charge in [0.15, 0.2) is 0 Å². The summed E-state index contributed by atoms with van der Waals surface area (Å²) in [6.07, 6.45) is 5.58. The van der Waals surface area contributed by atoms with E-state index in [-0.39, 0.29) is 0 Å². The molecule has 128 valence electrons. The van der Waals surface area contributed by atoms with E-state index in [0.717, 1.165) is 22.4 Å². The summed E-state index contributed by atoms with van der Waals surface area (Å²) in [6, 6.07) is 14.7. The molecular formula is C22H29NO. The van der Waals surface area contributed by atoms with Gasteiger partial charge in [-0.15, -0.1) is 0 Å². The van der Waals surface area contributed by atoms with Crippen molar-refractivity contribution in [2.75, 3.05) is 7.11 Å². The number of methoxy groups -OCH3 is 1. The van der Waals surface area contributed by atoms with Crippen molar-refractivity contribution in [1.29, 1.82) is 0 Å². The third-order valence-electron chi connectivity index (χ3n) is 3.69. The number of allylic oxidation sites excluding steroid dienone is 3. The van der Waals surface area contributed by atoms with Crippen molar-refractivity contribution in [3.05, 3.63) is 78.4 Å². The van der Waals surface area contributed by atoms with Crippen LogP contribution in [0.15, 0.2) is 67.3 Å². The molecule has 2 nitrogen and oxygen atoms in total. The average molecular weight is 323 g/mol. The van der Waals surface area contributed by atoms with Gasteiger partial charge in [-0.2, -0.15) is 0 Å². The van der Waals surface area contributed by atoms with E-state index in [1.54, 1.807) is 13.2 Å². The molecule has 0 atom stereocenters. The monoisotopic (exact) mass is 323 g/mol. The van der Waals surface area contributed by atoms with Crippen molar-refractivity contribution < 1.29 is 4.74 Å². The highest BCUT2D eigenvalue weighted by Gasteiger charge is 2.09. The predicted molar refractivity (Wildman–Crippen MR) is 105 cm³/mol. The van der Waals surface area contributed by atoms with Crippen molar-refractivity contribution >= 4 is 0 Å². The van der Waals surface area contributed by atoms with Crippen molar-refractivity contribution in [3.8, 4) is 16.9 Å². The van der Waals surface area contributed by atoms with Crippen LogP contribution in [0.5, 0.6) is 5.75 Å². The van der Waals surface area contributed by atoms with Gasteiger partial charge in [0.2, 0.25) is 0 Å². The lowest BCUT2D eigenvalue weighted by atomic mass is 9.97. The molecule has 0 spiro atoms. The maximum absolute atomic E-state index is 5.70. The number of hydrogen-bond acceptors (Lipinski definition) is 2. The average Bonchev–Trinajstić information content (AvgIpc) is 2.62. The smallest absolute Gasteiger partial charge is 0.126 e. The van der Waals surface area contributed by atoms with Crippen LogP contribution in [0.4, 0.5) is 0 Å². The first-order valence-corrected chi connectivity index (χ1v) is 8.28. The summed E-state index contributed by atoms with van der Waals surface area (Å²) in [7, 11) is 1.72. The highest BCUT2D eigenvalue weighted by atomic mass is 16.5. The zero-order chi connectivity index (χ0) is 17.9. The number of rotatable bonds is 5. The Hall–Kier alpha value is -2.32. The molecule has 0 saturated carbocycles. The van der Waals surface area contributed by atoms with Crippen LogP contribution in [-0.4, -0.2) is 7.11 Å². The van der Waals surface area contributed by atoms with Gasteiger partial charge in [0.05, 0.1) is 7.11 Å². The number of hydrogen-bond donors (Lipinski definition) is 1. The molecule has 0 heterocycles. The minimum absolute atomic E-state index is 0.498. The van der Waals surface area contributed by atoms with Crippen molar-refractivity contribution in [2.45, 2.75) is 33.2 Å². The summed E-state index contributed by atoms with van der Waals surface area (Å²) < 4.78 is 5.53. The van der Waals surface area contributed by atoms with Gasteiger partial charge in [-0.25, -0.2) is 0 Å². The Kier molecular flexibility index (Phi) is 8.59. The third-order valence-corrected chi connectivity index (χ3v) is 3.69. The predicted octanol–water partition coefficient (Wildman–Crippen LogP) is 5.69. The molecule has 0 radical (unpaired) electrons. The number of benzene rings is 2. The zero-order valence-corrected chi connectivity index (χ0v) is 15.3. The Morgan fingerprint density at radius 3 is 2.42 bits per heavy atom. The van der Waals surface area contributed by atoms with Crippen LogP contribution in [0.1, 0.15) is 37.8 Å². The first-order valence-electron chi connectivity index (χ1n) is 8.28. The van der Waals surface area contributed by atoms with Gasteiger partial charge in [0, 0.05) is 12.1 Å². The van der Waals surface area contributed by atoms with E-state index in [0.29, 0.717) is 12.5 Å². The van der Waals surface area contributed by atoms with E-state index >= 15 is 0 Å². The first-order chi connectivity index (χ1) is 11.6. The summed E-state index contributed by atoms with van der Waals surface area (Å²) in [5.41, 5.74) is 10.4. The van der Waals surface area contributed by atoms with Crippen LogP contribution in [0.3, 0.4) is 0 Å². The van der Waals surface area contributed by atoms with E-state index < -0.39 is 0 Å². The molecule has 2 rings (SSSR count). The molecule has 2 aromatic carbocycles. The van der Waals surface area contributed by atoms with E-state index in [2.05, 4.69) is 50.8 Å². The van der Waals surface area contributed by atoms with Crippen LogP contribution < -0.4 is 10.5 Å². The molecule has 2 heteroatoms. The van der Waals surface area contributed by atoms with Crippen molar-refractivity contribution in [1.82, 2.24) is 0 Å². The maximum Gasteiger partial charge on any atom is 0.126 e. The zero-order valence-electron chi connectivity index (χ0n) is 15.3. The van der Waals surface area contributed by atoms with Crippen molar-refractivity contribution in [3.63, 3.8) is 0 Å². The maximum atomic E-state index is 5.70. The van der Waals surface area contributed by atoms with Gasteiger partial charge in [-0.3, -0.25) is 0 Å². The standard InChI is InChI=1S/C17H21NO.C5H8/c1-12(2)14-7-8-16(17(10-14)19-3)15-6-4-5-13(9-15)11-18;1-3-5-4-2/h4-10,12H,11,18H2,1-3H3;3-5H,1H2,2H3/b;5-4-. The minimum Gasteiger partial charge on any atom is -0.496 e. The Morgan fingerprint density at radius 1 is 1.17 bits per heavy atom. The fourth-order valence-corrected chi connectivity index (χ4v) is 2.31. The number of nitrogens with two attached hydrogens (primary N) is 1. The van der Waals surface area contributed by atoms with Crippen LogP contribution in [0.25, 0.3) is 11.1 Å². The molecule has 0 aromatic heterocycles. The quantitative estimate of drug-likeness (QED) is 0.717. The highest BCUT2D eigenvalue weighted by molar-refractivity contribution is 5.71. The van der Waals surface area contributed by atoms with Crippen LogP contribution in [0.2, 0.25) is 0 Å². The molecular weight excluding hydrogens is 294 g/mol. The SMILES string of the molecule is C=C/C=C\C.COc1cc(C(C)C)ccc1-c1cccc(CN)c1. The van der Waals surface area contributed by atoms with E-state index in [4.69, 9.17) is 10.5 Å². The molecule has 0 aliphatic carbocycles. The van der Waals surface area contributed by atoms with E-state index in [1.165, 1.54) is 5.56 Å². The lowest BCUT2D eigenvalue weighted by Crippen LogP contribution is -1.97. The van der Waals surface area contributed by atoms with Crippen LogP contribution in [0, 0.1) is 0 Å². The van der Waals surface area contributed by atoms with Gasteiger partial charge in [0.25, 0.3) is 0 Å². The molecule has 0 amide bonds. The third kappa shape index (κ3) is 5.71. The molecule has 0 bridgehead atoms. The molecule has 2 aromatic rings. The van der Waals surface area contributed by atoms with Gasteiger partial charge in [0.1, 0.15) is 5.75 Å². The summed E-state index contributed by atoms with van der Waals surface area (Å²) >= 11 is 0. The molecule has 0 unspecified atom stereocenters. The number of ether oxygens (including phenoxy) is 1. The van der Waals surface area contributed by atoms with Gasteiger partial charge in [-0.05, 0) is 41.7 Å². The van der Waals surface area contributed by atoms with Gasteiger partial charge in [-0.1, -0.05) is 69.0 Å². The Labute approximate surface area is 146 Å². The van der Waals surface area contributed by atoms with Crippen LogP contribution in [-0.2, 0) is 6.54 Å². The second-order valence-electron chi connectivity index (χ2n) is 5.78. The molecule has 24 heavy (non-hydrogen) atoms. The van der Waals surface area contributed by atoms with Gasteiger partial charge < -0.3 is 10.5 Å². The Bertz CT molecular complexity index is 671. The summed E-state index contributed by atoms with van der Waals surface area (Å²) in [4.78, 5) is 0. The van der Waals surface area contributed by atoms with E-state index in [1.807, 2.05) is 31.2 Å². The summed E-state index contributed by atoms with van der Waals surface area (Å²) in [6.45, 7) is 10.3. The minimum atomic E-state index is 0.498. The molecule has 0 aliphatic rings. The fraction of sp³-hybridized carbons (Fsp3) is 0.273.